The van der Waals surface area contributed by atoms with Gasteiger partial charge in [0.05, 0.1) is 24.2 Å². The van der Waals surface area contributed by atoms with E-state index in [9.17, 15) is 0 Å². The maximum Gasteiger partial charge on any atom is 0.163 e. The van der Waals surface area contributed by atoms with Crippen LogP contribution < -0.4 is 5.73 Å². The van der Waals surface area contributed by atoms with Gasteiger partial charge in [0.25, 0.3) is 0 Å². The summed E-state index contributed by atoms with van der Waals surface area (Å²) < 4.78 is 12.9. The third-order valence-corrected chi connectivity index (χ3v) is 2.33. The Morgan fingerprint density at radius 3 is 2.79 bits per heavy atom. The van der Waals surface area contributed by atoms with Gasteiger partial charge in [0.2, 0.25) is 0 Å². The van der Waals surface area contributed by atoms with Crippen molar-refractivity contribution in [2.75, 3.05) is 12.3 Å². The normalized spacial score (nSPS) is 25.5. The van der Waals surface area contributed by atoms with Gasteiger partial charge in [0.1, 0.15) is 6.10 Å². The van der Waals surface area contributed by atoms with Crippen LogP contribution in [0.25, 0.3) is 0 Å². The van der Waals surface area contributed by atoms with Crippen LogP contribution in [0, 0.1) is 0 Å². The molecule has 5 heteroatoms. The van der Waals surface area contributed by atoms with E-state index in [2.05, 4.69) is 5.10 Å². The largest absolute Gasteiger partial charge is 0.396 e. The van der Waals surface area contributed by atoms with Gasteiger partial charge >= 0.3 is 0 Å². The molecular weight excluding hydrogens is 182 g/mol. The number of ether oxygens (including phenoxy) is 2. The summed E-state index contributed by atoms with van der Waals surface area (Å²) in [5.74, 6) is -0.526. The molecule has 14 heavy (non-hydrogen) atoms. The lowest BCUT2D eigenvalue weighted by molar-refractivity contribution is -0.139. The fourth-order valence-electron chi connectivity index (χ4n) is 1.68. The van der Waals surface area contributed by atoms with Crippen LogP contribution in [0.1, 0.15) is 25.6 Å². The lowest BCUT2D eigenvalue weighted by atomic mass is 10.2. The topological polar surface area (TPSA) is 62.3 Å². The van der Waals surface area contributed by atoms with Crippen LogP contribution in [0.5, 0.6) is 0 Å². The summed E-state index contributed by atoms with van der Waals surface area (Å²) in [5, 5.41) is 4.06. The SMILES string of the molecule is Cn1ncc(N)c1C1COC(C)(C)O1. The molecule has 1 aromatic rings. The first-order valence-electron chi connectivity index (χ1n) is 4.59. The van der Waals surface area contributed by atoms with Crippen LogP contribution in [0.2, 0.25) is 0 Å². The predicted octanol–water partition coefficient (Wildman–Crippen LogP) is 0.826. The molecule has 0 aromatic carbocycles. The van der Waals surface area contributed by atoms with E-state index in [1.807, 2.05) is 20.9 Å². The predicted molar refractivity (Wildman–Crippen MR) is 51.5 cm³/mol. The summed E-state index contributed by atoms with van der Waals surface area (Å²) >= 11 is 0. The van der Waals surface area contributed by atoms with Gasteiger partial charge in [-0.25, -0.2) is 0 Å². The summed E-state index contributed by atoms with van der Waals surface area (Å²) in [6.45, 7) is 4.30. The number of rotatable bonds is 1. The monoisotopic (exact) mass is 197 g/mol. The Bertz CT molecular complexity index is 326. The lowest BCUT2D eigenvalue weighted by Gasteiger charge is -2.17. The number of nitrogen functional groups attached to an aromatic ring is 1. The number of hydrogen-bond acceptors (Lipinski definition) is 4. The second kappa shape index (κ2) is 2.96. The molecule has 1 aromatic heterocycles. The van der Waals surface area contributed by atoms with Gasteiger partial charge < -0.3 is 15.2 Å². The quantitative estimate of drug-likeness (QED) is 0.724. The maximum atomic E-state index is 5.79. The van der Waals surface area contributed by atoms with Gasteiger partial charge in [-0.1, -0.05) is 0 Å². The number of nitrogens with zero attached hydrogens (tertiary/aromatic N) is 2. The van der Waals surface area contributed by atoms with E-state index >= 15 is 0 Å². The van der Waals surface area contributed by atoms with Gasteiger partial charge in [-0.2, -0.15) is 5.10 Å². The standard InChI is InChI=1S/C9H15N3O2/c1-9(2)13-5-7(14-9)8-6(10)4-11-12(8)3/h4,7H,5,10H2,1-3H3. The highest BCUT2D eigenvalue weighted by molar-refractivity contribution is 5.42. The molecule has 0 bridgehead atoms. The van der Waals surface area contributed by atoms with Crippen LogP contribution >= 0.6 is 0 Å². The average molecular weight is 197 g/mol. The molecule has 1 aliphatic heterocycles. The lowest BCUT2D eigenvalue weighted by Crippen LogP contribution is -2.20. The summed E-state index contributed by atoms with van der Waals surface area (Å²) in [5.41, 5.74) is 7.33. The fourth-order valence-corrected chi connectivity index (χ4v) is 1.68. The first-order valence-corrected chi connectivity index (χ1v) is 4.59. The molecule has 2 heterocycles. The second-order valence-corrected chi connectivity index (χ2v) is 3.93. The summed E-state index contributed by atoms with van der Waals surface area (Å²) in [7, 11) is 1.85. The molecule has 0 spiro atoms. The molecule has 2 N–H and O–H groups in total. The van der Waals surface area contributed by atoms with E-state index in [0.717, 1.165) is 5.69 Å². The Labute approximate surface area is 82.8 Å². The Morgan fingerprint density at radius 2 is 2.36 bits per heavy atom. The minimum atomic E-state index is -0.526. The zero-order valence-electron chi connectivity index (χ0n) is 8.65. The number of aromatic nitrogens is 2. The molecular formula is C9H15N3O2. The minimum Gasteiger partial charge on any atom is -0.396 e. The van der Waals surface area contributed by atoms with E-state index in [1.54, 1.807) is 10.9 Å². The molecule has 5 nitrogen and oxygen atoms in total. The summed E-state index contributed by atoms with van der Waals surface area (Å²) in [6, 6.07) is 0. The van der Waals surface area contributed by atoms with Gasteiger partial charge in [0.15, 0.2) is 5.79 Å². The molecule has 1 aliphatic rings. The van der Waals surface area contributed by atoms with Crippen LogP contribution in [-0.4, -0.2) is 22.2 Å². The molecule has 0 aliphatic carbocycles. The van der Waals surface area contributed by atoms with E-state index in [4.69, 9.17) is 15.2 Å². The smallest absolute Gasteiger partial charge is 0.163 e. The van der Waals surface area contributed by atoms with Crippen molar-refractivity contribution in [3.05, 3.63) is 11.9 Å². The first kappa shape index (κ1) is 9.48. The Kier molecular flexibility index (Phi) is 2.01. The number of anilines is 1. The van der Waals surface area contributed by atoms with Crippen molar-refractivity contribution in [3.8, 4) is 0 Å². The number of aryl methyl sites for hydroxylation is 1. The minimum absolute atomic E-state index is 0.113. The van der Waals surface area contributed by atoms with Crippen LogP contribution in [0.3, 0.4) is 0 Å². The third-order valence-electron chi connectivity index (χ3n) is 2.33. The maximum absolute atomic E-state index is 5.79. The van der Waals surface area contributed by atoms with Crippen LogP contribution in [0.15, 0.2) is 6.20 Å². The van der Waals surface area contributed by atoms with Crippen LogP contribution in [-0.2, 0) is 16.5 Å². The summed E-state index contributed by atoms with van der Waals surface area (Å²) in [6.07, 6.45) is 1.52. The summed E-state index contributed by atoms with van der Waals surface area (Å²) in [4.78, 5) is 0. The number of nitrogens with two attached hydrogens (primary N) is 1. The first-order chi connectivity index (χ1) is 6.49. The van der Waals surface area contributed by atoms with E-state index in [1.165, 1.54) is 0 Å². The Morgan fingerprint density at radius 1 is 1.64 bits per heavy atom. The van der Waals surface area contributed by atoms with E-state index < -0.39 is 5.79 Å². The van der Waals surface area contributed by atoms with Crippen LogP contribution in [0.4, 0.5) is 5.69 Å². The number of hydrogen-bond donors (Lipinski definition) is 1. The highest BCUT2D eigenvalue weighted by Crippen LogP contribution is 2.34. The zero-order valence-corrected chi connectivity index (χ0v) is 8.65. The van der Waals surface area contributed by atoms with Crippen molar-refractivity contribution in [2.45, 2.75) is 25.7 Å². The highest BCUT2D eigenvalue weighted by atomic mass is 16.7. The molecule has 0 saturated carbocycles. The molecule has 0 radical (unpaired) electrons. The van der Waals surface area contributed by atoms with E-state index in [0.29, 0.717) is 12.3 Å². The Balaban J connectivity index is 2.25. The molecule has 78 valence electrons. The van der Waals surface area contributed by atoms with Gasteiger partial charge in [-0.3, -0.25) is 4.68 Å². The van der Waals surface area contributed by atoms with Crippen molar-refractivity contribution in [3.63, 3.8) is 0 Å². The molecule has 2 rings (SSSR count). The van der Waals surface area contributed by atoms with Gasteiger partial charge in [-0.05, 0) is 13.8 Å². The van der Waals surface area contributed by atoms with Crippen molar-refractivity contribution in [1.82, 2.24) is 9.78 Å². The highest BCUT2D eigenvalue weighted by Gasteiger charge is 2.36. The van der Waals surface area contributed by atoms with Gasteiger partial charge in [0, 0.05) is 7.05 Å². The molecule has 1 atom stereocenters. The second-order valence-electron chi connectivity index (χ2n) is 3.93. The van der Waals surface area contributed by atoms with Crippen molar-refractivity contribution in [1.29, 1.82) is 0 Å². The van der Waals surface area contributed by atoms with E-state index in [-0.39, 0.29) is 6.10 Å². The fraction of sp³-hybridized carbons (Fsp3) is 0.667. The molecule has 0 amide bonds. The van der Waals surface area contributed by atoms with Crippen molar-refractivity contribution in [2.24, 2.45) is 7.05 Å². The van der Waals surface area contributed by atoms with Crippen molar-refractivity contribution >= 4 is 5.69 Å². The third kappa shape index (κ3) is 1.49. The average Bonchev–Trinajstić information content (AvgIpc) is 2.56. The molecule has 1 fully saturated rings. The van der Waals surface area contributed by atoms with Gasteiger partial charge in [-0.15, -0.1) is 0 Å². The molecule has 1 unspecified atom stereocenters. The zero-order chi connectivity index (χ0) is 10.3. The van der Waals surface area contributed by atoms with Crippen molar-refractivity contribution < 1.29 is 9.47 Å². The Hall–Kier alpha value is -1.07. The molecule has 1 saturated heterocycles.